The Morgan fingerprint density at radius 1 is 1.03 bits per heavy atom. The smallest absolute Gasteiger partial charge is 0.408 e. The Kier molecular flexibility index (Phi) is 8.15. The molecular formula is C23H24N2O6S. The molecule has 0 fully saturated rings. The molecule has 8 nitrogen and oxygen atoms in total. The molecule has 0 unspecified atom stereocenters. The molecule has 0 spiro atoms. The molecule has 2 aromatic rings. The lowest BCUT2D eigenvalue weighted by Crippen LogP contribution is -2.43. The Morgan fingerprint density at radius 3 is 2.25 bits per heavy atom. The van der Waals surface area contributed by atoms with Crippen molar-refractivity contribution in [1.82, 2.24) is 10.6 Å². The molecule has 3 rings (SSSR count). The van der Waals surface area contributed by atoms with E-state index < -0.39 is 24.2 Å². The molecule has 0 bridgehead atoms. The number of carbonyl (C=O) groups is 3. The van der Waals surface area contributed by atoms with Gasteiger partial charge < -0.3 is 25.2 Å². The van der Waals surface area contributed by atoms with Gasteiger partial charge in [0.15, 0.2) is 0 Å². The molecule has 1 atom stereocenters. The lowest BCUT2D eigenvalue weighted by atomic mass is 9.98. The second kappa shape index (κ2) is 11.2. The first-order valence-corrected chi connectivity index (χ1v) is 11.1. The molecule has 0 radical (unpaired) electrons. The average Bonchev–Trinajstić information content (AvgIpc) is 3.12. The van der Waals surface area contributed by atoms with Gasteiger partial charge in [-0.05, 0) is 22.3 Å². The van der Waals surface area contributed by atoms with Crippen LogP contribution < -0.4 is 10.6 Å². The Balaban J connectivity index is 1.50. The van der Waals surface area contributed by atoms with E-state index in [-0.39, 0.29) is 30.8 Å². The standard InChI is InChI=1S/C23H24N2O6S/c1-2-11-30-22(28)24-14-32-13-20(21(26)27)25-23(29)31-12-19-17-9-5-3-7-15(17)16-8-4-6-10-18(16)19/h2-10,19-20H,1,11-14H2,(H,24,28)(H,25,29)(H,26,27)/t20-/m0/s1. The van der Waals surface area contributed by atoms with Crippen LogP contribution in [-0.2, 0) is 14.3 Å². The third kappa shape index (κ3) is 5.82. The number of fused-ring (bicyclic) bond motifs is 3. The van der Waals surface area contributed by atoms with E-state index in [0.717, 1.165) is 34.0 Å². The van der Waals surface area contributed by atoms with E-state index in [2.05, 4.69) is 17.2 Å². The van der Waals surface area contributed by atoms with Crippen LogP contribution in [0, 0.1) is 0 Å². The molecule has 2 aromatic carbocycles. The number of carbonyl (C=O) groups excluding carboxylic acids is 2. The second-order valence-electron chi connectivity index (χ2n) is 6.94. The highest BCUT2D eigenvalue weighted by Crippen LogP contribution is 2.44. The first-order chi connectivity index (χ1) is 15.5. The molecule has 9 heteroatoms. The highest BCUT2D eigenvalue weighted by molar-refractivity contribution is 7.99. The van der Waals surface area contributed by atoms with Crippen molar-refractivity contribution in [3.63, 3.8) is 0 Å². The van der Waals surface area contributed by atoms with Gasteiger partial charge in [0.25, 0.3) is 0 Å². The summed E-state index contributed by atoms with van der Waals surface area (Å²) in [4.78, 5) is 35.1. The molecule has 3 N–H and O–H groups in total. The van der Waals surface area contributed by atoms with Crippen molar-refractivity contribution in [2.24, 2.45) is 0 Å². The number of rotatable bonds is 10. The number of aliphatic carboxylic acids is 1. The van der Waals surface area contributed by atoms with E-state index in [1.54, 1.807) is 0 Å². The van der Waals surface area contributed by atoms with Crippen molar-refractivity contribution in [2.75, 3.05) is 24.8 Å². The molecule has 168 valence electrons. The van der Waals surface area contributed by atoms with E-state index in [4.69, 9.17) is 9.47 Å². The summed E-state index contributed by atoms with van der Waals surface area (Å²) in [5, 5.41) is 14.2. The molecule has 0 aliphatic heterocycles. The number of carboxylic acid groups (broad SMARTS) is 1. The summed E-state index contributed by atoms with van der Waals surface area (Å²) in [6.07, 6.45) is -0.00198. The maximum absolute atomic E-state index is 12.3. The van der Waals surface area contributed by atoms with Crippen LogP contribution >= 0.6 is 11.8 Å². The zero-order valence-electron chi connectivity index (χ0n) is 17.3. The van der Waals surface area contributed by atoms with Crippen molar-refractivity contribution in [3.8, 4) is 11.1 Å². The monoisotopic (exact) mass is 456 g/mol. The lowest BCUT2D eigenvalue weighted by molar-refractivity contribution is -0.138. The largest absolute Gasteiger partial charge is 0.480 e. The third-order valence-corrected chi connectivity index (χ3v) is 5.79. The molecule has 1 aliphatic carbocycles. The molecule has 2 amide bonds. The van der Waals surface area contributed by atoms with Crippen LogP contribution in [0.3, 0.4) is 0 Å². The van der Waals surface area contributed by atoms with Gasteiger partial charge in [-0.25, -0.2) is 14.4 Å². The van der Waals surface area contributed by atoms with Gasteiger partial charge >= 0.3 is 18.2 Å². The van der Waals surface area contributed by atoms with E-state index >= 15 is 0 Å². The summed E-state index contributed by atoms with van der Waals surface area (Å²) in [7, 11) is 0. The number of alkyl carbamates (subject to hydrolysis) is 2. The number of benzene rings is 2. The predicted molar refractivity (Wildman–Crippen MR) is 122 cm³/mol. The van der Waals surface area contributed by atoms with Crippen molar-refractivity contribution >= 4 is 29.9 Å². The maximum atomic E-state index is 12.3. The van der Waals surface area contributed by atoms with Crippen molar-refractivity contribution in [2.45, 2.75) is 12.0 Å². The van der Waals surface area contributed by atoms with Gasteiger partial charge in [-0.15, -0.1) is 11.8 Å². The number of ether oxygens (including phenoxy) is 2. The number of amides is 2. The zero-order chi connectivity index (χ0) is 22.9. The Hall–Kier alpha value is -3.46. The fraction of sp³-hybridized carbons (Fsp3) is 0.261. The Morgan fingerprint density at radius 2 is 1.66 bits per heavy atom. The fourth-order valence-electron chi connectivity index (χ4n) is 3.43. The van der Waals surface area contributed by atoms with Gasteiger partial charge in [0.1, 0.15) is 19.3 Å². The van der Waals surface area contributed by atoms with Crippen molar-refractivity contribution < 1.29 is 29.0 Å². The SMILES string of the molecule is C=CCOC(=O)NCSC[C@H](NC(=O)OCC1c2ccccc2-c2ccccc21)C(=O)O. The van der Waals surface area contributed by atoms with Gasteiger partial charge in [-0.3, -0.25) is 0 Å². The Labute approximate surface area is 190 Å². The zero-order valence-corrected chi connectivity index (χ0v) is 18.1. The van der Waals surface area contributed by atoms with E-state index in [1.807, 2.05) is 48.5 Å². The molecule has 0 heterocycles. The number of hydrogen-bond donors (Lipinski definition) is 3. The van der Waals surface area contributed by atoms with Crippen LogP contribution in [0.4, 0.5) is 9.59 Å². The number of carboxylic acids is 1. The lowest BCUT2D eigenvalue weighted by Gasteiger charge is -2.17. The van der Waals surface area contributed by atoms with Crippen LogP contribution in [0.5, 0.6) is 0 Å². The van der Waals surface area contributed by atoms with Gasteiger partial charge in [0.05, 0.1) is 5.88 Å². The van der Waals surface area contributed by atoms with Gasteiger partial charge in [-0.1, -0.05) is 61.2 Å². The topological polar surface area (TPSA) is 114 Å². The van der Waals surface area contributed by atoms with E-state index in [1.165, 1.54) is 6.08 Å². The summed E-state index contributed by atoms with van der Waals surface area (Å²) < 4.78 is 10.1. The number of thioether (sulfide) groups is 1. The molecule has 0 saturated carbocycles. The third-order valence-electron chi connectivity index (χ3n) is 4.87. The number of nitrogens with one attached hydrogen (secondary N) is 2. The maximum Gasteiger partial charge on any atom is 0.408 e. The van der Waals surface area contributed by atoms with E-state index in [9.17, 15) is 19.5 Å². The first-order valence-electron chi connectivity index (χ1n) is 9.94. The molecule has 1 aliphatic rings. The molecule has 32 heavy (non-hydrogen) atoms. The first kappa shape index (κ1) is 23.2. The molecular weight excluding hydrogens is 432 g/mol. The van der Waals surface area contributed by atoms with Crippen LogP contribution in [0.15, 0.2) is 61.2 Å². The highest BCUT2D eigenvalue weighted by Gasteiger charge is 2.29. The second-order valence-corrected chi connectivity index (χ2v) is 7.97. The van der Waals surface area contributed by atoms with Crippen LogP contribution in [0.2, 0.25) is 0 Å². The summed E-state index contributed by atoms with van der Waals surface area (Å²) in [5.41, 5.74) is 4.36. The minimum atomic E-state index is -1.19. The normalized spacial score (nSPS) is 12.8. The molecule has 0 aromatic heterocycles. The van der Waals surface area contributed by atoms with Crippen LogP contribution in [-0.4, -0.2) is 54.1 Å². The summed E-state index contributed by atoms with van der Waals surface area (Å²) in [6.45, 7) is 3.61. The summed E-state index contributed by atoms with van der Waals surface area (Å²) in [6, 6.07) is 14.7. The van der Waals surface area contributed by atoms with Gasteiger partial charge in [0, 0.05) is 11.7 Å². The predicted octanol–water partition coefficient (Wildman–Crippen LogP) is 3.58. The highest BCUT2D eigenvalue weighted by atomic mass is 32.2. The minimum absolute atomic E-state index is 0.0429. The quantitative estimate of drug-likeness (QED) is 0.284. The van der Waals surface area contributed by atoms with Crippen LogP contribution in [0.25, 0.3) is 11.1 Å². The number of hydrogen-bond acceptors (Lipinski definition) is 6. The van der Waals surface area contributed by atoms with Crippen molar-refractivity contribution in [1.29, 1.82) is 0 Å². The fourth-order valence-corrected chi connectivity index (χ4v) is 4.23. The van der Waals surface area contributed by atoms with Crippen LogP contribution in [0.1, 0.15) is 17.0 Å². The van der Waals surface area contributed by atoms with Crippen molar-refractivity contribution in [3.05, 3.63) is 72.3 Å². The van der Waals surface area contributed by atoms with Gasteiger partial charge in [-0.2, -0.15) is 0 Å². The summed E-state index contributed by atoms with van der Waals surface area (Å²) in [5.74, 6) is -1.13. The minimum Gasteiger partial charge on any atom is -0.480 e. The summed E-state index contributed by atoms with van der Waals surface area (Å²) >= 11 is 1.13. The Bertz CT molecular complexity index is 950. The average molecular weight is 457 g/mol. The van der Waals surface area contributed by atoms with E-state index in [0.29, 0.717) is 0 Å². The molecule has 0 saturated heterocycles. The van der Waals surface area contributed by atoms with Gasteiger partial charge in [0.2, 0.25) is 0 Å².